The highest BCUT2D eigenvalue weighted by Gasteiger charge is 2.08. The van der Waals surface area contributed by atoms with Crippen molar-refractivity contribution >= 4 is 28.5 Å². The van der Waals surface area contributed by atoms with Gasteiger partial charge in [0.2, 0.25) is 5.91 Å². The Morgan fingerprint density at radius 2 is 1.88 bits per heavy atom. The van der Waals surface area contributed by atoms with Crippen LogP contribution in [0.2, 0.25) is 0 Å². The number of benzene rings is 2. The number of carboxylic acid groups (broad SMARTS) is 1. The second-order valence-electron chi connectivity index (χ2n) is 5.53. The van der Waals surface area contributed by atoms with Crippen molar-refractivity contribution in [2.24, 2.45) is 0 Å². The lowest BCUT2D eigenvalue weighted by Gasteiger charge is -2.08. The van der Waals surface area contributed by atoms with E-state index in [0.29, 0.717) is 12.3 Å². The third-order valence-electron chi connectivity index (χ3n) is 3.78. The molecule has 0 aliphatic heterocycles. The molecule has 0 aliphatic carbocycles. The molecule has 1 amide bonds. The van der Waals surface area contributed by atoms with Crippen LogP contribution in [0.15, 0.2) is 54.7 Å². The van der Waals surface area contributed by atoms with Crippen LogP contribution in [0.1, 0.15) is 17.3 Å². The minimum absolute atomic E-state index is 0.165. The summed E-state index contributed by atoms with van der Waals surface area (Å²) < 4.78 is 7.33. The van der Waals surface area contributed by atoms with Gasteiger partial charge in [-0.1, -0.05) is 0 Å². The molecule has 0 radical (unpaired) electrons. The Balaban J connectivity index is 1.70. The number of aromatic nitrogens is 1. The molecule has 0 fully saturated rings. The number of nitrogens with one attached hydrogen (secondary N) is 1. The topological polar surface area (TPSA) is 80.6 Å². The van der Waals surface area contributed by atoms with Crippen molar-refractivity contribution in [2.45, 2.75) is 13.5 Å². The lowest BCUT2D eigenvalue weighted by molar-refractivity contribution is -0.116. The van der Waals surface area contributed by atoms with Gasteiger partial charge < -0.3 is 19.7 Å². The molecule has 0 saturated heterocycles. The minimum Gasteiger partial charge on any atom is -0.494 e. The molecule has 0 aliphatic rings. The third kappa shape index (κ3) is 3.80. The van der Waals surface area contributed by atoms with Gasteiger partial charge in [0, 0.05) is 22.8 Å². The largest absolute Gasteiger partial charge is 0.494 e. The van der Waals surface area contributed by atoms with E-state index in [9.17, 15) is 9.59 Å². The first-order valence-corrected chi connectivity index (χ1v) is 7.91. The molecule has 0 bridgehead atoms. The van der Waals surface area contributed by atoms with Crippen molar-refractivity contribution < 1.29 is 19.4 Å². The van der Waals surface area contributed by atoms with E-state index < -0.39 is 5.97 Å². The van der Waals surface area contributed by atoms with Crippen molar-refractivity contribution in [1.29, 1.82) is 0 Å². The van der Waals surface area contributed by atoms with E-state index in [1.807, 2.05) is 42.0 Å². The summed E-state index contributed by atoms with van der Waals surface area (Å²) in [6.45, 7) is 2.70. The number of carbonyl (C=O) groups excluding carboxylic acids is 1. The lowest BCUT2D eigenvalue weighted by atomic mass is 10.2. The first-order chi connectivity index (χ1) is 12.1. The summed E-state index contributed by atoms with van der Waals surface area (Å²) in [5.74, 6) is -0.381. The molecule has 6 nitrogen and oxygen atoms in total. The zero-order chi connectivity index (χ0) is 17.8. The molecule has 1 aromatic heterocycles. The van der Waals surface area contributed by atoms with Crippen LogP contribution >= 0.6 is 0 Å². The zero-order valence-corrected chi connectivity index (χ0v) is 13.7. The standard InChI is InChI=1S/C19H18N2O4/c1-2-25-16-7-8-17-14(11-16)9-10-21(17)12-18(22)20-15-5-3-13(4-6-15)19(23)24/h3-11H,2,12H2,1H3,(H,20,22)(H,23,24). The molecule has 6 heteroatoms. The number of nitrogens with zero attached hydrogens (tertiary/aromatic N) is 1. The van der Waals surface area contributed by atoms with Gasteiger partial charge in [-0.05, 0) is 55.5 Å². The van der Waals surface area contributed by atoms with Crippen molar-refractivity contribution in [3.8, 4) is 5.75 Å². The Kier molecular flexibility index (Phi) is 4.70. The number of anilines is 1. The monoisotopic (exact) mass is 338 g/mol. The highest BCUT2D eigenvalue weighted by atomic mass is 16.5. The first-order valence-electron chi connectivity index (χ1n) is 7.91. The average molecular weight is 338 g/mol. The van der Waals surface area contributed by atoms with E-state index in [1.165, 1.54) is 12.1 Å². The Labute approximate surface area is 144 Å². The Morgan fingerprint density at radius 3 is 2.56 bits per heavy atom. The van der Waals surface area contributed by atoms with Crippen LogP contribution < -0.4 is 10.1 Å². The highest BCUT2D eigenvalue weighted by Crippen LogP contribution is 2.22. The molecule has 3 rings (SSSR count). The molecule has 1 heterocycles. The van der Waals surface area contributed by atoms with Crippen LogP contribution in [0, 0.1) is 0 Å². The number of fused-ring (bicyclic) bond motifs is 1. The van der Waals surface area contributed by atoms with Crippen molar-refractivity contribution in [3.63, 3.8) is 0 Å². The molecule has 2 N–H and O–H groups in total. The Bertz CT molecular complexity index is 913. The summed E-state index contributed by atoms with van der Waals surface area (Å²) in [5, 5.41) is 12.7. The van der Waals surface area contributed by atoms with Gasteiger partial charge in [-0.15, -0.1) is 0 Å². The Morgan fingerprint density at radius 1 is 1.12 bits per heavy atom. The highest BCUT2D eigenvalue weighted by molar-refractivity contribution is 5.93. The van der Waals surface area contributed by atoms with Gasteiger partial charge in [0.05, 0.1) is 12.2 Å². The fraction of sp³-hybridized carbons (Fsp3) is 0.158. The maximum atomic E-state index is 12.2. The maximum absolute atomic E-state index is 12.2. The van der Waals surface area contributed by atoms with Crippen LogP contribution in [0.3, 0.4) is 0 Å². The number of rotatable bonds is 6. The number of aromatic carboxylic acids is 1. The number of carbonyl (C=O) groups is 2. The van der Waals surface area contributed by atoms with Crippen molar-refractivity contribution in [1.82, 2.24) is 4.57 Å². The molecular formula is C19H18N2O4. The fourth-order valence-electron chi connectivity index (χ4n) is 2.62. The van der Waals surface area contributed by atoms with Crippen molar-refractivity contribution in [2.75, 3.05) is 11.9 Å². The van der Waals surface area contributed by atoms with E-state index in [4.69, 9.17) is 9.84 Å². The van der Waals surface area contributed by atoms with E-state index >= 15 is 0 Å². The second-order valence-corrected chi connectivity index (χ2v) is 5.53. The molecule has 25 heavy (non-hydrogen) atoms. The van der Waals surface area contributed by atoms with Gasteiger partial charge in [0.25, 0.3) is 0 Å². The van der Waals surface area contributed by atoms with Gasteiger partial charge in [0.1, 0.15) is 12.3 Å². The number of ether oxygens (including phenoxy) is 1. The average Bonchev–Trinajstić information content (AvgIpc) is 2.98. The van der Waals surface area contributed by atoms with Gasteiger partial charge in [-0.25, -0.2) is 4.79 Å². The molecule has 0 atom stereocenters. The second kappa shape index (κ2) is 7.09. The van der Waals surface area contributed by atoms with Gasteiger partial charge in [-0.3, -0.25) is 4.79 Å². The number of carboxylic acids is 1. The molecule has 3 aromatic rings. The van der Waals surface area contributed by atoms with E-state index in [0.717, 1.165) is 16.7 Å². The molecule has 2 aromatic carbocycles. The normalized spacial score (nSPS) is 10.6. The molecule has 0 saturated carbocycles. The summed E-state index contributed by atoms with van der Waals surface area (Å²) in [7, 11) is 0. The molecule has 0 unspecified atom stereocenters. The van der Waals surface area contributed by atoms with Crippen LogP contribution in [0.25, 0.3) is 10.9 Å². The first kappa shape index (κ1) is 16.6. The summed E-state index contributed by atoms with van der Waals surface area (Å²) in [6.07, 6.45) is 1.85. The molecule has 128 valence electrons. The van der Waals surface area contributed by atoms with Crippen molar-refractivity contribution in [3.05, 3.63) is 60.3 Å². The predicted molar refractivity (Wildman–Crippen MR) is 95.1 cm³/mol. The van der Waals surface area contributed by atoms with Gasteiger partial charge in [-0.2, -0.15) is 0 Å². The summed E-state index contributed by atoms with van der Waals surface area (Å²) in [6, 6.07) is 13.7. The fourth-order valence-corrected chi connectivity index (χ4v) is 2.62. The van der Waals surface area contributed by atoms with Gasteiger partial charge >= 0.3 is 5.97 Å². The minimum atomic E-state index is -0.997. The molecular weight excluding hydrogens is 320 g/mol. The smallest absolute Gasteiger partial charge is 0.335 e. The SMILES string of the molecule is CCOc1ccc2c(ccn2CC(=O)Nc2ccc(C(=O)O)cc2)c1. The third-order valence-corrected chi connectivity index (χ3v) is 3.78. The zero-order valence-electron chi connectivity index (χ0n) is 13.7. The van der Waals surface area contributed by atoms with E-state index in [-0.39, 0.29) is 18.0 Å². The number of hydrogen-bond acceptors (Lipinski definition) is 3. The number of amides is 1. The summed E-state index contributed by atoms with van der Waals surface area (Å²) in [4.78, 5) is 23.1. The van der Waals surface area contributed by atoms with Crippen LogP contribution in [0.5, 0.6) is 5.75 Å². The predicted octanol–water partition coefficient (Wildman–Crippen LogP) is 3.38. The lowest BCUT2D eigenvalue weighted by Crippen LogP contribution is -2.18. The Hall–Kier alpha value is -3.28. The maximum Gasteiger partial charge on any atom is 0.335 e. The molecule has 0 spiro atoms. The van der Waals surface area contributed by atoms with Crippen LogP contribution in [-0.4, -0.2) is 28.2 Å². The summed E-state index contributed by atoms with van der Waals surface area (Å²) >= 11 is 0. The quantitative estimate of drug-likeness (QED) is 0.722. The van der Waals surface area contributed by atoms with E-state index in [1.54, 1.807) is 12.1 Å². The summed E-state index contributed by atoms with van der Waals surface area (Å²) in [5.41, 5.74) is 1.68. The van der Waals surface area contributed by atoms with E-state index in [2.05, 4.69) is 5.32 Å². The van der Waals surface area contributed by atoms with Gasteiger partial charge in [0.15, 0.2) is 0 Å². The van der Waals surface area contributed by atoms with Crippen LogP contribution in [0.4, 0.5) is 5.69 Å². The van der Waals surface area contributed by atoms with Crippen LogP contribution in [-0.2, 0) is 11.3 Å². The number of hydrogen-bond donors (Lipinski definition) is 2.